The van der Waals surface area contributed by atoms with E-state index in [9.17, 15) is 5.11 Å². The van der Waals surface area contributed by atoms with E-state index in [1.807, 2.05) is 0 Å². The molecular formula is C9H19NO2. The minimum atomic E-state index is -0.357. The number of nitrogens with one attached hydrogen (secondary N) is 1. The van der Waals surface area contributed by atoms with Gasteiger partial charge in [-0.1, -0.05) is 6.92 Å². The van der Waals surface area contributed by atoms with E-state index in [4.69, 9.17) is 4.74 Å². The van der Waals surface area contributed by atoms with Gasteiger partial charge in [-0.3, -0.25) is 0 Å². The number of rotatable bonds is 6. The van der Waals surface area contributed by atoms with Crippen LogP contribution in [-0.4, -0.2) is 38.0 Å². The van der Waals surface area contributed by atoms with Crippen LogP contribution in [0.25, 0.3) is 0 Å². The summed E-state index contributed by atoms with van der Waals surface area (Å²) in [5.41, 5.74) is 0. The van der Waals surface area contributed by atoms with Gasteiger partial charge in [-0.2, -0.15) is 0 Å². The molecule has 3 heteroatoms. The maximum Gasteiger partial charge on any atom is 0.0897 e. The van der Waals surface area contributed by atoms with Crippen molar-refractivity contribution in [3.05, 3.63) is 0 Å². The molecule has 0 aliphatic heterocycles. The molecule has 0 aromatic heterocycles. The average molecular weight is 173 g/mol. The zero-order chi connectivity index (χ0) is 8.97. The first-order valence-corrected chi connectivity index (χ1v) is 4.61. The number of aliphatic hydroxyl groups is 1. The van der Waals surface area contributed by atoms with Crippen molar-refractivity contribution in [2.24, 2.45) is 11.8 Å². The van der Waals surface area contributed by atoms with Gasteiger partial charge in [0.05, 0.1) is 12.7 Å². The molecule has 3 atom stereocenters. The molecule has 2 N–H and O–H groups in total. The van der Waals surface area contributed by atoms with Crippen molar-refractivity contribution in [1.82, 2.24) is 5.32 Å². The molecule has 1 saturated carbocycles. The summed E-state index contributed by atoms with van der Waals surface area (Å²) in [7, 11) is 1.60. The molecule has 0 aromatic carbocycles. The Bertz CT molecular complexity index is 130. The fraction of sp³-hybridized carbons (Fsp3) is 1.00. The van der Waals surface area contributed by atoms with Crippen molar-refractivity contribution in [2.75, 3.05) is 26.8 Å². The molecule has 0 saturated heterocycles. The fourth-order valence-corrected chi connectivity index (χ4v) is 1.37. The first kappa shape index (κ1) is 9.96. The number of hydrogen-bond acceptors (Lipinski definition) is 3. The Balaban J connectivity index is 1.88. The maximum atomic E-state index is 9.26. The predicted octanol–water partition coefficient (Wildman–Crippen LogP) is 0.239. The molecular weight excluding hydrogens is 154 g/mol. The Morgan fingerprint density at radius 1 is 1.67 bits per heavy atom. The summed E-state index contributed by atoms with van der Waals surface area (Å²) in [6.45, 7) is 4.38. The summed E-state index contributed by atoms with van der Waals surface area (Å²) in [5.74, 6) is 1.73. The number of aliphatic hydroxyl groups excluding tert-OH is 1. The lowest BCUT2D eigenvalue weighted by molar-refractivity contribution is 0.0645. The number of ether oxygens (including phenoxy) is 1. The van der Waals surface area contributed by atoms with Crippen LogP contribution in [0.5, 0.6) is 0 Å². The second-order valence-corrected chi connectivity index (χ2v) is 3.74. The average Bonchev–Trinajstić information content (AvgIpc) is 2.67. The van der Waals surface area contributed by atoms with Crippen LogP contribution in [0.2, 0.25) is 0 Å². The quantitative estimate of drug-likeness (QED) is 0.604. The van der Waals surface area contributed by atoms with E-state index in [1.165, 1.54) is 6.42 Å². The van der Waals surface area contributed by atoms with Crippen molar-refractivity contribution >= 4 is 0 Å². The highest BCUT2D eigenvalue weighted by Crippen LogP contribution is 2.36. The van der Waals surface area contributed by atoms with Crippen LogP contribution >= 0.6 is 0 Å². The molecule has 0 spiro atoms. The second kappa shape index (κ2) is 4.80. The van der Waals surface area contributed by atoms with Crippen molar-refractivity contribution < 1.29 is 9.84 Å². The van der Waals surface area contributed by atoms with E-state index in [0.29, 0.717) is 13.2 Å². The zero-order valence-corrected chi connectivity index (χ0v) is 7.92. The van der Waals surface area contributed by atoms with E-state index in [2.05, 4.69) is 12.2 Å². The van der Waals surface area contributed by atoms with Crippen molar-refractivity contribution in [1.29, 1.82) is 0 Å². The Morgan fingerprint density at radius 2 is 2.33 bits per heavy atom. The van der Waals surface area contributed by atoms with Crippen LogP contribution in [0, 0.1) is 11.8 Å². The molecule has 1 aliphatic rings. The third-order valence-corrected chi connectivity index (χ3v) is 2.42. The van der Waals surface area contributed by atoms with Gasteiger partial charge in [0.2, 0.25) is 0 Å². The van der Waals surface area contributed by atoms with E-state index in [0.717, 1.165) is 18.4 Å². The largest absolute Gasteiger partial charge is 0.389 e. The van der Waals surface area contributed by atoms with Gasteiger partial charge < -0.3 is 15.2 Å². The van der Waals surface area contributed by atoms with E-state index >= 15 is 0 Å². The highest BCUT2D eigenvalue weighted by molar-refractivity contribution is 4.84. The highest BCUT2D eigenvalue weighted by Gasteiger charge is 2.31. The Labute approximate surface area is 74.1 Å². The molecule has 1 rings (SSSR count). The van der Waals surface area contributed by atoms with Gasteiger partial charge >= 0.3 is 0 Å². The molecule has 3 nitrogen and oxygen atoms in total. The molecule has 1 fully saturated rings. The molecule has 0 radical (unpaired) electrons. The summed E-state index contributed by atoms with van der Waals surface area (Å²) in [6, 6.07) is 0. The Hall–Kier alpha value is -0.120. The number of methoxy groups -OCH3 is 1. The minimum Gasteiger partial charge on any atom is -0.389 e. The van der Waals surface area contributed by atoms with Gasteiger partial charge in [0.1, 0.15) is 0 Å². The van der Waals surface area contributed by atoms with Crippen molar-refractivity contribution in [3.63, 3.8) is 0 Å². The van der Waals surface area contributed by atoms with Crippen LogP contribution in [0.15, 0.2) is 0 Å². The lowest BCUT2D eigenvalue weighted by Crippen LogP contribution is -2.31. The predicted molar refractivity (Wildman–Crippen MR) is 48.0 cm³/mol. The lowest BCUT2D eigenvalue weighted by atomic mass is 10.3. The summed E-state index contributed by atoms with van der Waals surface area (Å²) in [4.78, 5) is 0. The van der Waals surface area contributed by atoms with Gasteiger partial charge in [0, 0.05) is 13.7 Å². The van der Waals surface area contributed by atoms with Crippen LogP contribution < -0.4 is 5.32 Å². The van der Waals surface area contributed by atoms with Crippen molar-refractivity contribution in [3.8, 4) is 0 Å². The van der Waals surface area contributed by atoms with Gasteiger partial charge in [-0.05, 0) is 24.8 Å². The summed E-state index contributed by atoms with van der Waals surface area (Å²) in [6.07, 6.45) is 0.983. The molecule has 0 amide bonds. The topological polar surface area (TPSA) is 41.5 Å². The van der Waals surface area contributed by atoms with Gasteiger partial charge in [0.15, 0.2) is 0 Å². The van der Waals surface area contributed by atoms with Crippen LogP contribution in [0.3, 0.4) is 0 Å². The third kappa shape index (κ3) is 3.52. The van der Waals surface area contributed by atoms with Gasteiger partial charge in [0.25, 0.3) is 0 Å². The van der Waals surface area contributed by atoms with E-state index in [-0.39, 0.29) is 6.10 Å². The molecule has 0 bridgehead atoms. The molecule has 3 unspecified atom stereocenters. The van der Waals surface area contributed by atoms with Crippen LogP contribution in [0.4, 0.5) is 0 Å². The molecule has 1 aliphatic carbocycles. The first-order valence-electron chi connectivity index (χ1n) is 4.61. The fourth-order valence-electron chi connectivity index (χ4n) is 1.37. The molecule has 0 aromatic rings. The third-order valence-electron chi connectivity index (χ3n) is 2.42. The summed E-state index contributed by atoms with van der Waals surface area (Å²) in [5, 5.41) is 12.5. The van der Waals surface area contributed by atoms with Crippen LogP contribution in [-0.2, 0) is 4.74 Å². The maximum absolute atomic E-state index is 9.26. The monoisotopic (exact) mass is 173 g/mol. The van der Waals surface area contributed by atoms with Crippen molar-refractivity contribution in [2.45, 2.75) is 19.4 Å². The van der Waals surface area contributed by atoms with Gasteiger partial charge in [-0.15, -0.1) is 0 Å². The summed E-state index contributed by atoms with van der Waals surface area (Å²) < 4.78 is 4.81. The van der Waals surface area contributed by atoms with Crippen LogP contribution in [0.1, 0.15) is 13.3 Å². The Kier molecular flexibility index (Phi) is 3.98. The van der Waals surface area contributed by atoms with Gasteiger partial charge in [-0.25, -0.2) is 0 Å². The number of hydrogen-bond donors (Lipinski definition) is 2. The highest BCUT2D eigenvalue weighted by atomic mass is 16.5. The minimum absolute atomic E-state index is 0.357. The molecule has 72 valence electrons. The Morgan fingerprint density at radius 3 is 2.83 bits per heavy atom. The van der Waals surface area contributed by atoms with E-state index < -0.39 is 0 Å². The standard InChI is InChI=1S/C9H19NO2/c1-7-3-8(7)4-10-5-9(11)6-12-2/h7-11H,3-6H2,1-2H3. The smallest absolute Gasteiger partial charge is 0.0897 e. The molecule has 0 heterocycles. The second-order valence-electron chi connectivity index (χ2n) is 3.74. The summed E-state index contributed by atoms with van der Waals surface area (Å²) >= 11 is 0. The SMILES string of the molecule is COCC(O)CNCC1CC1C. The first-order chi connectivity index (χ1) is 5.74. The van der Waals surface area contributed by atoms with E-state index in [1.54, 1.807) is 7.11 Å². The normalized spacial score (nSPS) is 30.2. The molecule has 12 heavy (non-hydrogen) atoms. The lowest BCUT2D eigenvalue weighted by Gasteiger charge is -2.09. The zero-order valence-electron chi connectivity index (χ0n) is 7.92.